The predicted octanol–water partition coefficient (Wildman–Crippen LogP) is 6.28. The molecule has 2 amide bonds. The van der Waals surface area contributed by atoms with Crippen LogP contribution in [0.2, 0.25) is 5.02 Å². The third kappa shape index (κ3) is 8.48. The highest BCUT2D eigenvalue weighted by atomic mass is 35.5. The molecule has 42 heavy (non-hydrogen) atoms. The predicted molar refractivity (Wildman–Crippen MR) is 156 cm³/mol. The summed E-state index contributed by atoms with van der Waals surface area (Å²) >= 11 is 6.02. The van der Waals surface area contributed by atoms with Crippen molar-refractivity contribution < 1.29 is 31.2 Å². The van der Waals surface area contributed by atoms with Crippen LogP contribution < -0.4 is 9.62 Å². The molecule has 226 valence electrons. The minimum absolute atomic E-state index is 0.0755. The van der Waals surface area contributed by atoms with Crippen molar-refractivity contribution in [2.45, 2.75) is 63.3 Å². The fourth-order valence-corrected chi connectivity index (χ4v) is 5.80. The first-order valence-electron chi connectivity index (χ1n) is 13.1. The van der Waals surface area contributed by atoms with E-state index < -0.39 is 51.7 Å². The quantitative estimate of drug-likeness (QED) is 0.288. The zero-order valence-corrected chi connectivity index (χ0v) is 25.2. The summed E-state index contributed by atoms with van der Waals surface area (Å²) in [5, 5.41) is 3.31. The van der Waals surface area contributed by atoms with Crippen molar-refractivity contribution >= 4 is 39.1 Å². The first-order valence-corrected chi connectivity index (χ1v) is 15.0. The molecule has 0 radical (unpaired) electrons. The van der Waals surface area contributed by atoms with Crippen LogP contribution in [0.4, 0.5) is 18.9 Å². The van der Waals surface area contributed by atoms with Gasteiger partial charge in [-0.1, -0.05) is 54.9 Å². The van der Waals surface area contributed by atoms with E-state index in [-0.39, 0.29) is 23.5 Å². The number of alkyl halides is 3. The Balaban J connectivity index is 2.11. The van der Waals surface area contributed by atoms with Crippen molar-refractivity contribution in [3.8, 4) is 0 Å². The lowest BCUT2D eigenvalue weighted by Crippen LogP contribution is -2.55. The van der Waals surface area contributed by atoms with Crippen molar-refractivity contribution in [2.24, 2.45) is 0 Å². The van der Waals surface area contributed by atoms with Crippen LogP contribution in [0.15, 0.2) is 83.8 Å². The van der Waals surface area contributed by atoms with E-state index in [0.29, 0.717) is 21.0 Å². The van der Waals surface area contributed by atoms with Crippen molar-refractivity contribution in [3.05, 3.63) is 95.0 Å². The molecular weight excluding hydrogens is 591 g/mol. The van der Waals surface area contributed by atoms with Gasteiger partial charge in [0.25, 0.3) is 10.0 Å². The van der Waals surface area contributed by atoms with Crippen molar-refractivity contribution in [1.82, 2.24) is 10.2 Å². The summed E-state index contributed by atoms with van der Waals surface area (Å²) in [5.74, 6) is -1.23. The molecule has 0 fully saturated rings. The Morgan fingerprint density at radius 2 is 1.55 bits per heavy atom. The number of sulfonamides is 1. The number of benzene rings is 3. The number of halogens is 4. The van der Waals surface area contributed by atoms with Gasteiger partial charge in [0.15, 0.2) is 0 Å². The Hall–Kier alpha value is -3.57. The van der Waals surface area contributed by atoms with Crippen LogP contribution in [-0.4, -0.2) is 43.3 Å². The Kier molecular flexibility index (Phi) is 10.3. The highest BCUT2D eigenvalue weighted by Crippen LogP contribution is 2.33. The molecule has 0 spiro atoms. The molecule has 1 atom stereocenters. The first kappa shape index (κ1) is 32.9. The number of carbonyl (C=O) groups excluding carboxylic acids is 2. The number of hydrogen-bond acceptors (Lipinski definition) is 4. The number of rotatable bonds is 10. The molecule has 3 rings (SSSR count). The third-order valence-electron chi connectivity index (χ3n) is 6.22. The van der Waals surface area contributed by atoms with Gasteiger partial charge < -0.3 is 10.2 Å². The minimum Gasteiger partial charge on any atom is -0.350 e. The summed E-state index contributed by atoms with van der Waals surface area (Å²) in [5.41, 5.74) is -1.43. The monoisotopic (exact) mass is 623 g/mol. The largest absolute Gasteiger partial charge is 0.416 e. The Morgan fingerprint density at radius 1 is 0.929 bits per heavy atom. The van der Waals surface area contributed by atoms with E-state index >= 15 is 0 Å². The highest BCUT2D eigenvalue weighted by Gasteiger charge is 2.36. The second kappa shape index (κ2) is 13.2. The Bertz CT molecular complexity index is 1490. The van der Waals surface area contributed by atoms with E-state index in [2.05, 4.69) is 5.32 Å². The van der Waals surface area contributed by atoms with Crippen LogP contribution >= 0.6 is 11.6 Å². The van der Waals surface area contributed by atoms with Crippen LogP contribution in [0.3, 0.4) is 0 Å². The van der Waals surface area contributed by atoms with E-state index in [4.69, 9.17) is 11.6 Å². The van der Waals surface area contributed by atoms with Crippen LogP contribution in [0.5, 0.6) is 0 Å². The van der Waals surface area contributed by atoms with Gasteiger partial charge in [-0.05, 0) is 75.2 Å². The first-order chi connectivity index (χ1) is 19.5. The molecular formula is C30H33ClF3N3O4S. The van der Waals surface area contributed by atoms with Crippen LogP contribution in [0.1, 0.15) is 45.2 Å². The lowest BCUT2D eigenvalue weighted by Gasteiger charge is -2.35. The maximum atomic E-state index is 14.0. The molecule has 1 N–H and O–H groups in total. The molecule has 0 heterocycles. The molecule has 0 aliphatic carbocycles. The Morgan fingerprint density at radius 3 is 2.10 bits per heavy atom. The number of hydrogen-bond donors (Lipinski definition) is 1. The standard InChI is InChI=1S/C30H33ClF3N3O4S/c1-5-26(28(39)35-29(2,3)4)36(19-21-14-16-23(31)17-15-21)27(38)20-37(42(40,41)25-12-7-6-8-13-25)24-11-9-10-22(18-24)30(32,33)34/h6-18,26H,5,19-20H2,1-4H3,(H,35,39)/t26-/m0/s1. The zero-order valence-electron chi connectivity index (χ0n) is 23.7. The minimum atomic E-state index is -4.75. The summed E-state index contributed by atoms with van der Waals surface area (Å²) in [6, 6.07) is 16.4. The number of anilines is 1. The van der Waals surface area contributed by atoms with Crippen LogP contribution in [0, 0.1) is 0 Å². The van der Waals surface area contributed by atoms with Gasteiger partial charge in [0, 0.05) is 17.1 Å². The molecule has 0 aliphatic heterocycles. The van der Waals surface area contributed by atoms with Gasteiger partial charge in [0.05, 0.1) is 16.1 Å². The van der Waals surface area contributed by atoms with E-state index in [1.807, 2.05) is 0 Å². The summed E-state index contributed by atoms with van der Waals surface area (Å²) in [7, 11) is -4.50. The maximum Gasteiger partial charge on any atom is 0.416 e. The van der Waals surface area contributed by atoms with Gasteiger partial charge in [-0.3, -0.25) is 13.9 Å². The molecule has 0 aliphatic rings. The highest BCUT2D eigenvalue weighted by molar-refractivity contribution is 7.92. The van der Waals surface area contributed by atoms with Gasteiger partial charge in [0.2, 0.25) is 11.8 Å². The van der Waals surface area contributed by atoms with Crippen molar-refractivity contribution in [1.29, 1.82) is 0 Å². The van der Waals surface area contributed by atoms with Crippen molar-refractivity contribution in [3.63, 3.8) is 0 Å². The second-order valence-electron chi connectivity index (χ2n) is 10.7. The number of carbonyl (C=O) groups is 2. The number of amides is 2. The van der Waals surface area contributed by atoms with Gasteiger partial charge in [-0.25, -0.2) is 8.42 Å². The molecule has 0 bridgehead atoms. The van der Waals surface area contributed by atoms with Gasteiger partial charge in [0.1, 0.15) is 12.6 Å². The summed E-state index contributed by atoms with van der Waals surface area (Å²) in [6.07, 6.45) is -4.56. The average molecular weight is 624 g/mol. The van der Waals surface area contributed by atoms with E-state index in [1.54, 1.807) is 58.0 Å². The van der Waals surface area contributed by atoms with Gasteiger partial charge in [-0.15, -0.1) is 0 Å². The summed E-state index contributed by atoms with van der Waals surface area (Å²) in [4.78, 5) is 28.4. The molecule has 0 unspecified atom stereocenters. The van der Waals surface area contributed by atoms with Crippen LogP contribution in [0.25, 0.3) is 0 Å². The second-order valence-corrected chi connectivity index (χ2v) is 13.0. The normalized spacial score (nSPS) is 12.9. The number of nitrogens with zero attached hydrogens (tertiary/aromatic N) is 2. The lowest BCUT2D eigenvalue weighted by molar-refractivity contribution is -0.141. The third-order valence-corrected chi connectivity index (χ3v) is 8.26. The molecule has 12 heteroatoms. The van der Waals surface area contributed by atoms with Gasteiger partial charge >= 0.3 is 6.18 Å². The Labute approximate surface area is 249 Å². The summed E-state index contributed by atoms with van der Waals surface area (Å²) in [6.45, 7) is 6.12. The molecule has 0 saturated carbocycles. The smallest absolute Gasteiger partial charge is 0.350 e. The van der Waals surface area contributed by atoms with E-state index in [1.165, 1.54) is 35.2 Å². The fourth-order valence-electron chi connectivity index (χ4n) is 4.24. The zero-order chi connectivity index (χ0) is 31.3. The molecule has 0 aromatic heterocycles. The topological polar surface area (TPSA) is 86.8 Å². The molecule has 7 nitrogen and oxygen atoms in total. The van der Waals surface area contributed by atoms with Crippen molar-refractivity contribution in [2.75, 3.05) is 10.8 Å². The summed E-state index contributed by atoms with van der Waals surface area (Å²) < 4.78 is 69.0. The molecule has 0 saturated heterocycles. The van der Waals surface area contributed by atoms with Gasteiger partial charge in [-0.2, -0.15) is 13.2 Å². The fraction of sp³-hybridized carbons (Fsp3) is 0.333. The molecule has 3 aromatic carbocycles. The lowest BCUT2D eigenvalue weighted by atomic mass is 10.1. The maximum absolute atomic E-state index is 14.0. The number of nitrogens with one attached hydrogen (secondary N) is 1. The van der Waals surface area contributed by atoms with E-state index in [9.17, 15) is 31.2 Å². The van der Waals surface area contributed by atoms with Crippen LogP contribution in [-0.2, 0) is 32.3 Å². The average Bonchev–Trinajstić information content (AvgIpc) is 2.91. The SMILES string of the molecule is CC[C@@H](C(=O)NC(C)(C)C)N(Cc1ccc(Cl)cc1)C(=O)CN(c1cccc(C(F)(F)F)c1)S(=O)(=O)c1ccccc1. The molecule has 3 aromatic rings. The van der Waals surface area contributed by atoms with E-state index in [0.717, 1.165) is 12.1 Å².